The van der Waals surface area contributed by atoms with Crippen LogP contribution in [0.15, 0.2) is 16.5 Å². The second-order valence-corrected chi connectivity index (χ2v) is 5.84. The molecule has 0 atom stereocenters. The summed E-state index contributed by atoms with van der Waals surface area (Å²) in [6, 6.07) is 3.57. The molecule has 1 N–H and O–H groups in total. The SMILES string of the molecule is CSCc1ccc(C(=O)N2CCN(CCC(=O)O)CC2)o1. The molecule has 1 saturated heterocycles. The summed E-state index contributed by atoms with van der Waals surface area (Å²) in [4.78, 5) is 26.7. The summed E-state index contributed by atoms with van der Waals surface area (Å²) in [6.07, 6.45) is 2.13. The minimum Gasteiger partial charge on any atom is -0.481 e. The minimum absolute atomic E-state index is 0.0831. The van der Waals surface area contributed by atoms with E-state index in [2.05, 4.69) is 4.90 Å². The van der Waals surface area contributed by atoms with Gasteiger partial charge in [-0.3, -0.25) is 14.5 Å². The molecule has 0 saturated carbocycles. The summed E-state index contributed by atoms with van der Waals surface area (Å²) < 4.78 is 5.54. The van der Waals surface area contributed by atoms with Crippen LogP contribution >= 0.6 is 11.8 Å². The summed E-state index contributed by atoms with van der Waals surface area (Å²) in [5.74, 6) is 1.09. The predicted octanol–water partition coefficient (Wildman–Crippen LogP) is 1.38. The van der Waals surface area contributed by atoms with Crippen LogP contribution in [0.2, 0.25) is 0 Å². The number of nitrogens with zero attached hydrogens (tertiary/aromatic N) is 2. The van der Waals surface area contributed by atoms with Crippen molar-refractivity contribution in [3.05, 3.63) is 23.7 Å². The molecule has 116 valence electrons. The van der Waals surface area contributed by atoms with Crippen molar-refractivity contribution in [1.82, 2.24) is 9.80 Å². The molecule has 1 amide bonds. The number of furan rings is 1. The Balaban J connectivity index is 1.83. The van der Waals surface area contributed by atoms with Gasteiger partial charge in [0.2, 0.25) is 0 Å². The smallest absolute Gasteiger partial charge is 0.304 e. The maximum atomic E-state index is 12.3. The predicted molar refractivity (Wildman–Crippen MR) is 80.5 cm³/mol. The van der Waals surface area contributed by atoms with Crippen LogP contribution in [0.3, 0.4) is 0 Å². The molecule has 21 heavy (non-hydrogen) atoms. The Kier molecular flexibility index (Phi) is 5.69. The highest BCUT2D eigenvalue weighted by atomic mass is 32.2. The van der Waals surface area contributed by atoms with Gasteiger partial charge >= 0.3 is 5.97 Å². The summed E-state index contributed by atoms with van der Waals surface area (Å²) in [6.45, 7) is 3.17. The number of carboxylic acids is 1. The quantitative estimate of drug-likeness (QED) is 0.855. The molecule has 0 unspecified atom stereocenters. The van der Waals surface area contributed by atoms with Crippen molar-refractivity contribution in [3.63, 3.8) is 0 Å². The highest BCUT2D eigenvalue weighted by Crippen LogP contribution is 2.16. The highest BCUT2D eigenvalue weighted by molar-refractivity contribution is 7.97. The molecule has 1 aromatic rings. The summed E-state index contributed by atoms with van der Waals surface area (Å²) >= 11 is 1.65. The molecule has 1 aliphatic heterocycles. The van der Waals surface area contributed by atoms with Crippen LogP contribution in [0.4, 0.5) is 0 Å². The first-order chi connectivity index (χ1) is 10.1. The van der Waals surface area contributed by atoms with Crippen molar-refractivity contribution in [1.29, 1.82) is 0 Å². The van der Waals surface area contributed by atoms with E-state index in [1.165, 1.54) is 0 Å². The zero-order valence-corrected chi connectivity index (χ0v) is 12.9. The number of thioether (sulfide) groups is 1. The normalized spacial score (nSPS) is 16.1. The van der Waals surface area contributed by atoms with E-state index in [1.54, 1.807) is 22.7 Å². The van der Waals surface area contributed by atoms with Crippen molar-refractivity contribution in [2.75, 3.05) is 39.0 Å². The van der Waals surface area contributed by atoms with Crippen LogP contribution in [0, 0.1) is 0 Å². The van der Waals surface area contributed by atoms with Crippen molar-refractivity contribution in [2.45, 2.75) is 12.2 Å². The zero-order valence-electron chi connectivity index (χ0n) is 12.1. The lowest BCUT2D eigenvalue weighted by Crippen LogP contribution is -2.49. The van der Waals surface area contributed by atoms with Crippen molar-refractivity contribution in [2.24, 2.45) is 0 Å². The van der Waals surface area contributed by atoms with Crippen LogP contribution in [0.1, 0.15) is 22.7 Å². The number of piperazine rings is 1. The monoisotopic (exact) mass is 312 g/mol. The number of carbonyl (C=O) groups is 2. The van der Waals surface area contributed by atoms with Crippen LogP contribution in [-0.2, 0) is 10.5 Å². The highest BCUT2D eigenvalue weighted by Gasteiger charge is 2.24. The van der Waals surface area contributed by atoms with Gasteiger partial charge < -0.3 is 14.4 Å². The number of hydrogen-bond acceptors (Lipinski definition) is 5. The largest absolute Gasteiger partial charge is 0.481 e. The van der Waals surface area contributed by atoms with Gasteiger partial charge in [0, 0.05) is 32.7 Å². The molecule has 0 aliphatic carbocycles. The fourth-order valence-corrected chi connectivity index (χ4v) is 2.74. The lowest BCUT2D eigenvalue weighted by Gasteiger charge is -2.33. The first-order valence-corrected chi connectivity index (χ1v) is 8.30. The first kappa shape index (κ1) is 15.9. The van der Waals surface area contributed by atoms with E-state index in [4.69, 9.17) is 9.52 Å². The second-order valence-electron chi connectivity index (χ2n) is 4.98. The van der Waals surface area contributed by atoms with E-state index >= 15 is 0 Å². The van der Waals surface area contributed by atoms with E-state index in [1.807, 2.05) is 12.3 Å². The fourth-order valence-electron chi connectivity index (χ4n) is 2.30. The number of amides is 1. The fraction of sp³-hybridized carbons (Fsp3) is 0.571. The third kappa shape index (κ3) is 4.50. The topological polar surface area (TPSA) is 74.0 Å². The summed E-state index contributed by atoms with van der Waals surface area (Å²) in [5, 5.41) is 8.67. The molecule has 6 nitrogen and oxygen atoms in total. The zero-order chi connectivity index (χ0) is 15.2. The lowest BCUT2D eigenvalue weighted by molar-refractivity contribution is -0.137. The van der Waals surface area contributed by atoms with Crippen molar-refractivity contribution < 1.29 is 19.1 Å². The Morgan fingerprint density at radius 2 is 2.00 bits per heavy atom. The standard InChI is InChI=1S/C14H20N2O4S/c1-21-10-11-2-3-12(20-11)14(19)16-8-6-15(7-9-16)5-4-13(17)18/h2-3H,4-10H2,1H3,(H,17,18). The summed E-state index contributed by atoms with van der Waals surface area (Å²) in [7, 11) is 0. The average molecular weight is 312 g/mol. The second kappa shape index (κ2) is 7.51. The van der Waals surface area contributed by atoms with E-state index in [0.29, 0.717) is 38.5 Å². The molecule has 0 radical (unpaired) electrons. The Morgan fingerprint density at radius 3 is 2.62 bits per heavy atom. The molecule has 7 heteroatoms. The van der Waals surface area contributed by atoms with Crippen molar-refractivity contribution >= 4 is 23.6 Å². The van der Waals surface area contributed by atoms with Gasteiger partial charge in [0.1, 0.15) is 5.76 Å². The molecular weight excluding hydrogens is 292 g/mol. The van der Waals surface area contributed by atoms with Gasteiger partial charge in [0.15, 0.2) is 5.76 Å². The van der Waals surface area contributed by atoms with Crippen molar-refractivity contribution in [3.8, 4) is 0 Å². The van der Waals surface area contributed by atoms with Gasteiger partial charge in [-0.15, -0.1) is 0 Å². The molecular formula is C14H20N2O4S. The van der Waals surface area contributed by atoms with Gasteiger partial charge in [-0.25, -0.2) is 0 Å². The Labute approximate surface area is 128 Å². The van der Waals surface area contributed by atoms with Crippen LogP contribution in [-0.4, -0.2) is 65.8 Å². The van der Waals surface area contributed by atoms with E-state index < -0.39 is 5.97 Å². The van der Waals surface area contributed by atoms with Crippen LogP contribution in [0.5, 0.6) is 0 Å². The summed E-state index contributed by atoms with van der Waals surface area (Å²) in [5.41, 5.74) is 0. The molecule has 1 aromatic heterocycles. The average Bonchev–Trinajstić information content (AvgIpc) is 2.94. The molecule has 0 spiro atoms. The number of rotatable bonds is 6. The van der Waals surface area contributed by atoms with E-state index in [-0.39, 0.29) is 12.3 Å². The van der Waals surface area contributed by atoms with E-state index in [0.717, 1.165) is 11.5 Å². The molecule has 1 fully saturated rings. The maximum Gasteiger partial charge on any atom is 0.304 e. The molecule has 1 aliphatic rings. The maximum absolute atomic E-state index is 12.3. The number of carboxylic acid groups (broad SMARTS) is 1. The number of hydrogen-bond donors (Lipinski definition) is 1. The Hall–Kier alpha value is -1.47. The van der Waals surface area contributed by atoms with Crippen LogP contribution < -0.4 is 0 Å². The number of carbonyl (C=O) groups excluding carboxylic acids is 1. The van der Waals surface area contributed by atoms with Gasteiger partial charge in [-0.05, 0) is 18.4 Å². The minimum atomic E-state index is -0.787. The molecule has 2 heterocycles. The third-order valence-electron chi connectivity index (χ3n) is 3.46. The molecule has 0 aromatic carbocycles. The molecule has 2 rings (SSSR count). The van der Waals surface area contributed by atoms with Crippen LogP contribution in [0.25, 0.3) is 0 Å². The third-order valence-corrected chi connectivity index (χ3v) is 4.03. The van der Waals surface area contributed by atoms with Gasteiger partial charge in [0.25, 0.3) is 5.91 Å². The van der Waals surface area contributed by atoms with E-state index in [9.17, 15) is 9.59 Å². The Bertz CT molecular complexity index is 495. The molecule has 0 bridgehead atoms. The Morgan fingerprint density at radius 1 is 1.29 bits per heavy atom. The lowest BCUT2D eigenvalue weighted by atomic mass is 10.2. The van der Waals surface area contributed by atoms with Gasteiger partial charge in [-0.2, -0.15) is 11.8 Å². The first-order valence-electron chi connectivity index (χ1n) is 6.91. The number of aliphatic carboxylic acids is 1. The van der Waals surface area contributed by atoms with Gasteiger partial charge in [-0.1, -0.05) is 0 Å². The van der Waals surface area contributed by atoms with Gasteiger partial charge in [0.05, 0.1) is 12.2 Å².